The Morgan fingerprint density at radius 1 is 0.788 bits per heavy atom. The first kappa shape index (κ1) is 23.8. The Kier molecular flexibility index (Phi) is 7.75. The maximum Gasteiger partial charge on any atom is 0.131 e. The van der Waals surface area contributed by atoms with Crippen LogP contribution in [0.3, 0.4) is 0 Å². The molecule has 0 radical (unpaired) electrons. The topological polar surface area (TPSA) is 0 Å². The van der Waals surface area contributed by atoms with Gasteiger partial charge in [0.25, 0.3) is 0 Å². The summed E-state index contributed by atoms with van der Waals surface area (Å²) in [5.74, 6) is 0.161. The highest BCUT2D eigenvalue weighted by Crippen LogP contribution is 2.34. The Bertz CT molecular complexity index is 1140. The summed E-state index contributed by atoms with van der Waals surface area (Å²) in [6.07, 6.45) is 9.04. The standard InChI is InChI=1S/C29H28BrF3/c1-19-2-10-23(17-27(19)31)26-13-11-24(18-29(26)33)25-12-9-22(16-28(25)32)8-7-20-3-5-21(6-4-20)14-15-30/h2,9-18,20-21H,3-8H2,1H3/b15-14+/t20-,21-. The van der Waals surface area contributed by atoms with Gasteiger partial charge in [0, 0.05) is 11.1 Å². The number of halogens is 4. The quantitative estimate of drug-likeness (QED) is 0.308. The highest BCUT2D eigenvalue weighted by Gasteiger charge is 2.19. The summed E-state index contributed by atoms with van der Waals surface area (Å²) < 4.78 is 43.6. The van der Waals surface area contributed by atoms with Gasteiger partial charge in [-0.3, -0.25) is 0 Å². The van der Waals surface area contributed by atoms with Gasteiger partial charge in [-0.05, 0) is 103 Å². The van der Waals surface area contributed by atoms with Crippen molar-refractivity contribution in [3.8, 4) is 22.3 Å². The van der Waals surface area contributed by atoms with Gasteiger partial charge in [-0.2, -0.15) is 0 Å². The van der Waals surface area contributed by atoms with Gasteiger partial charge in [-0.1, -0.05) is 58.4 Å². The summed E-state index contributed by atoms with van der Waals surface area (Å²) in [5, 5.41) is 0. The number of rotatable bonds is 6. The molecule has 0 amide bonds. The molecular weight excluding hydrogens is 485 g/mol. The normalized spacial score (nSPS) is 18.7. The predicted octanol–water partition coefficient (Wildman–Crippen LogP) is 9.39. The smallest absolute Gasteiger partial charge is 0.131 e. The zero-order valence-corrected chi connectivity index (χ0v) is 20.3. The maximum atomic E-state index is 14.9. The molecule has 0 unspecified atom stereocenters. The van der Waals surface area contributed by atoms with Crippen molar-refractivity contribution in [2.75, 3.05) is 0 Å². The van der Waals surface area contributed by atoms with Crippen molar-refractivity contribution in [3.05, 3.63) is 94.2 Å². The summed E-state index contributed by atoms with van der Waals surface area (Å²) in [7, 11) is 0. The van der Waals surface area contributed by atoms with Crippen molar-refractivity contribution in [3.63, 3.8) is 0 Å². The molecule has 0 bridgehead atoms. The van der Waals surface area contributed by atoms with Crippen molar-refractivity contribution in [1.29, 1.82) is 0 Å². The van der Waals surface area contributed by atoms with Gasteiger partial charge in [-0.15, -0.1) is 0 Å². The van der Waals surface area contributed by atoms with Crippen LogP contribution >= 0.6 is 15.9 Å². The number of aryl methyl sites for hydroxylation is 2. The molecule has 1 saturated carbocycles. The lowest BCUT2D eigenvalue weighted by molar-refractivity contribution is 0.296. The lowest BCUT2D eigenvalue weighted by Gasteiger charge is -2.26. The molecule has 0 nitrogen and oxygen atoms in total. The number of hydrogen-bond donors (Lipinski definition) is 0. The Labute approximate surface area is 202 Å². The molecule has 0 spiro atoms. The monoisotopic (exact) mass is 512 g/mol. The third-order valence-corrected chi connectivity index (χ3v) is 7.18. The molecule has 172 valence electrons. The second-order valence-electron chi connectivity index (χ2n) is 9.11. The highest BCUT2D eigenvalue weighted by molar-refractivity contribution is 9.11. The van der Waals surface area contributed by atoms with E-state index in [2.05, 4.69) is 22.0 Å². The third kappa shape index (κ3) is 5.78. The lowest BCUT2D eigenvalue weighted by Crippen LogP contribution is -2.13. The molecule has 33 heavy (non-hydrogen) atoms. The summed E-state index contributed by atoms with van der Waals surface area (Å²) in [5.41, 5.74) is 3.11. The molecule has 1 aliphatic carbocycles. The summed E-state index contributed by atoms with van der Waals surface area (Å²) >= 11 is 3.36. The van der Waals surface area contributed by atoms with Crippen LogP contribution in [-0.2, 0) is 6.42 Å². The van der Waals surface area contributed by atoms with Crippen molar-refractivity contribution in [1.82, 2.24) is 0 Å². The molecule has 0 saturated heterocycles. The molecule has 4 rings (SSSR count). The van der Waals surface area contributed by atoms with Crippen LogP contribution in [0.1, 0.15) is 43.2 Å². The minimum Gasteiger partial charge on any atom is -0.207 e. The summed E-state index contributed by atoms with van der Waals surface area (Å²) in [6, 6.07) is 14.5. The van der Waals surface area contributed by atoms with E-state index < -0.39 is 5.82 Å². The molecule has 3 aromatic rings. The molecule has 4 heteroatoms. The Balaban J connectivity index is 1.43. The second-order valence-corrected chi connectivity index (χ2v) is 9.64. The van der Waals surface area contributed by atoms with Gasteiger partial charge in [0.15, 0.2) is 0 Å². The first-order valence-electron chi connectivity index (χ1n) is 11.6. The van der Waals surface area contributed by atoms with Gasteiger partial charge in [0.2, 0.25) is 0 Å². The Morgan fingerprint density at radius 2 is 1.39 bits per heavy atom. The Hall–Kier alpha value is -2.33. The largest absolute Gasteiger partial charge is 0.207 e. The zero-order chi connectivity index (χ0) is 23.4. The van der Waals surface area contributed by atoms with E-state index in [4.69, 9.17) is 0 Å². The van der Waals surface area contributed by atoms with Crippen LogP contribution in [0.15, 0.2) is 65.7 Å². The number of benzene rings is 3. The van der Waals surface area contributed by atoms with E-state index in [0.29, 0.717) is 39.7 Å². The van der Waals surface area contributed by atoms with Crippen molar-refractivity contribution < 1.29 is 13.2 Å². The van der Waals surface area contributed by atoms with Crippen molar-refractivity contribution in [2.24, 2.45) is 11.8 Å². The maximum absolute atomic E-state index is 14.9. The van der Waals surface area contributed by atoms with Gasteiger partial charge < -0.3 is 0 Å². The van der Waals surface area contributed by atoms with E-state index in [1.54, 1.807) is 43.3 Å². The molecule has 1 aliphatic rings. The fourth-order valence-corrected chi connectivity index (χ4v) is 5.20. The van der Waals surface area contributed by atoms with Crippen LogP contribution in [0.25, 0.3) is 22.3 Å². The van der Waals surface area contributed by atoms with Crippen LogP contribution in [0.2, 0.25) is 0 Å². The predicted molar refractivity (Wildman–Crippen MR) is 134 cm³/mol. The number of hydrogen-bond acceptors (Lipinski definition) is 0. The fraction of sp³-hybridized carbons (Fsp3) is 0.310. The first-order valence-corrected chi connectivity index (χ1v) is 12.5. The molecule has 0 aromatic heterocycles. The molecule has 0 aliphatic heterocycles. The van der Waals surface area contributed by atoms with Crippen LogP contribution in [0.5, 0.6) is 0 Å². The zero-order valence-electron chi connectivity index (χ0n) is 18.8. The molecule has 0 N–H and O–H groups in total. The van der Waals surface area contributed by atoms with Crippen LogP contribution < -0.4 is 0 Å². The molecule has 3 aromatic carbocycles. The fourth-order valence-electron chi connectivity index (χ4n) is 4.77. The van der Waals surface area contributed by atoms with Crippen LogP contribution in [0, 0.1) is 36.2 Å². The summed E-state index contributed by atoms with van der Waals surface area (Å²) in [4.78, 5) is 1.96. The lowest BCUT2D eigenvalue weighted by atomic mass is 9.79. The van der Waals surface area contributed by atoms with Crippen molar-refractivity contribution in [2.45, 2.75) is 45.4 Å². The Morgan fingerprint density at radius 3 is 2.00 bits per heavy atom. The summed E-state index contributed by atoms with van der Waals surface area (Å²) in [6.45, 7) is 1.67. The van der Waals surface area contributed by atoms with Gasteiger partial charge in [-0.25, -0.2) is 13.2 Å². The van der Waals surface area contributed by atoms with Gasteiger partial charge in [0.1, 0.15) is 17.5 Å². The van der Waals surface area contributed by atoms with E-state index in [0.717, 1.165) is 18.4 Å². The van der Waals surface area contributed by atoms with Gasteiger partial charge >= 0.3 is 0 Å². The van der Waals surface area contributed by atoms with E-state index in [9.17, 15) is 13.2 Å². The van der Waals surface area contributed by atoms with E-state index in [1.807, 2.05) is 11.1 Å². The second kappa shape index (κ2) is 10.7. The average Bonchev–Trinajstić information content (AvgIpc) is 2.81. The van der Waals surface area contributed by atoms with E-state index in [1.165, 1.54) is 37.8 Å². The molecule has 1 fully saturated rings. The van der Waals surface area contributed by atoms with E-state index >= 15 is 0 Å². The molecular formula is C29H28BrF3. The first-order chi connectivity index (χ1) is 15.9. The average molecular weight is 513 g/mol. The SMILES string of the molecule is Cc1ccc(-c2ccc(-c3ccc(CC[C@H]4CC[C@H](/C=C/Br)CC4)cc3F)cc2F)cc1F. The number of allylic oxidation sites excluding steroid dienone is 1. The molecule has 0 heterocycles. The highest BCUT2D eigenvalue weighted by atomic mass is 79.9. The van der Waals surface area contributed by atoms with Crippen molar-refractivity contribution >= 4 is 15.9 Å². The van der Waals surface area contributed by atoms with Gasteiger partial charge in [0.05, 0.1) is 0 Å². The molecule has 0 atom stereocenters. The van der Waals surface area contributed by atoms with E-state index in [-0.39, 0.29) is 11.6 Å². The minimum absolute atomic E-state index is 0.302. The minimum atomic E-state index is -0.496. The van der Waals surface area contributed by atoms with Crippen LogP contribution in [-0.4, -0.2) is 0 Å². The van der Waals surface area contributed by atoms with Crippen LogP contribution in [0.4, 0.5) is 13.2 Å². The third-order valence-electron chi connectivity index (χ3n) is 6.87.